The highest BCUT2D eigenvalue weighted by Crippen LogP contribution is 2.37. The summed E-state index contributed by atoms with van der Waals surface area (Å²) in [6.07, 6.45) is 3.61. The van der Waals surface area contributed by atoms with Gasteiger partial charge >= 0.3 is 0 Å². The Bertz CT molecular complexity index is 990. The Morgan fingerprint density at radius 1 is 1.00 bits per heavy atom. The molecule has 1 N–H and O–H groups in total. The van der Waals surface area contributed by atoms with Gasteiger partial charge in [0.1, 0.15) is 22.8 Å². The van der Waals surface area contributed by atoms with E-state index < -0.39 is 5.54 Å². The van der Waals surface area contributed by atoms with Crippen LogP contribution in [0.15, 0.2) is 53.1 Å². The topological polar surface area (TPSA) is 86.5 Å². The van der Waals surface area contributed by atoms with Gasteiger partial charge in [0.2, 0.25) is 5.89 Å². The molecular formula is C23H25N3O4. The third-order valence-electron chi connectivity index (χ3n) is 5.24. The van der Waals surface area contributed by atoms with Crippen molar-refractivity contribution in [2.45, 2.75) is 45.1 Å². The molecule has 0 bridgehead atoms. The fourth-order valence-electron chi connectivity index (χ4n) is 3.67. The third kappa shape index (κ3) is 4.62. The number of carbonyl (C=O) groups excluding carboxylic acids is 1. The predicted octanol–water partition coefficient (Wildman–Crippen LogP) is 4.44. The van der Waals surface area contributed by atoms with E-state index in [1.807, 2.05) is 43.3 Å². The van der Waals surface area contributed by atoms with Crippen molar-refractivity contribution in [2.75, 3.05) is 6.61 Å². The summed E-state index contributed by atoms with van der Waals surface area (Å²) in [5, 5.41) is 7.10. The van der Waals surface area contributed by atoms with Crippen molar-refractivity contribution >= 4 is 5.91 Å². The number of ether oxygens (including phenoxy) is 2. The Labute approximate surface area is 175 Å². The molecule has 7 nitrogen and oxygen atoms in total. The van der Waals surface area contributed by atoms with Gasteiger partial charge in [-0.15, -0.1) is 0 Å². The molecule has 0 atom stereocenters. The van der Waals surface area contributed by atoms with E-state index in [1.54, 1.807) is 19.1 Å². The van der Waals surface area contributed by atoms with Gasteiger partial charge in [0, 0.05) is 6.92 Å². The molecule has 0 aliphatic heterocycles. The molecule has 1 saturated carbocycles. The lowest BCUT2D eigenvalue weighted by Gasteiger charge is -2.26. The van der Waals surface area contributed by atoms with Crippen LogP contribution in [0.25, 0.3) is 0 Å². The summed E-state index contributed by atoms with van der Waals surface area (Å²) >= 11 is 0. The Kier molecular flexibility index (Phi) is 5.70. The molecule has 1 amide bonds. The summed E-state index contributed by atoms with van der Waals surface area (Å²) in [6, 6.07) is 15.0. The van der Waals surface area contributed by atoms with Gasteiger partial charge in [-0.1, -0.05) is 35.7 Å². The smallest absolute Gasteiger partial charge is 0.258 e. The van der Waals surface area contributed by atoms with E-state index in [2.05, 4.69) is 15.5 Å². The molecule has 0 saturated heterocycles. The minimum absolute atomic E-state index is 0.0866. The van der Waals surface area contributed by atoms with Crippen LogP contribution in [0.5, 0.6) is 17.2 Å². The zero-order valence-electron chi connectivity index (χ0n) is 17.2. The maximum atomic E-state index is 12.5. The Morgan fingerprint density at radius 3 is 2.20 bits per heavy atom. The van der Waals surface area contributed by atoms with E-state index in [4.69, 9.17) is 14.0 Å². The van der Waals surface area contributed by atoms with Crippen molar-refractivity contribution in [2.24, 2.45) is 0 Å². The van der Waals surface area contributed by atoms with Gasteiger partial charge in [-0.2, -0.15) is 4.98 Å². The van der Waals surface area contributed by atoms with Gasteiger partial charge in [-0.25, -0.2) is 0 Å². The molecule has 4 rings (SSSR count). The number of nitrogens with one attached hydrogen (secondary N) is 1. The number of aryl methyl sites for hydroxylation is 2. The standard InChI is InChI=1S/C23H25N3O4/c1-16-5-7-19(8-6-16)29-20-11-9-18(10-12-20)28-15-21(27)25-23(13-3-4-14-23)22-24-17(2)30-26-22/h5-12H,3-4,13-15H2,1-2H3,(H,25,27). The minimum Gasteiger partial charge on any atom is -0.484 e. The van der Waals surface area contributed by atoms with Gasteiger partial charge in [0.15, 0.2) is 12.4 Å². The monoisotopic (exact) mass is 407 g/mol. The zero-order chi connectivity index (χ0) is 21.0. The molecule has 30 heavy (non-hydrogen) atoms. The molecule has 0 spiro atoms. The largest absolute Gasteiger partial charge is 0.484 e. The van der Waals surface area contributed by atoms with E-state index in [0.717, 1.165) is 31.4 Å². The second-order valence-corrected chi connectivity index (χ2v) is 7.65. The average molecular weight is 407 g/mol. The molecule has 3 aromatic rings. The Hall–Kier alpha value is -3.35. The number of amides is 1. The summed E-state index contributed by atoms with van der Waals surface area (Å²) in [6.45, 7) is 3.69. The van der Waals surface area contributed by atoms with E-state index in [-0.39, 0.29) is 12.5 Å². The molecule has 1 aliphatic carbocycles. The van der Waals surface area contributed by atoms with Crippen LogP contribution in [0.2, 0.25) is 0 Å². The Balaban J connectivity index is 1.32. The van der Waals surface area contributed by atoms with E-state index >= 15 is 0 Å². The maximum absolute atomic E-state index is 12.5. The quantitative estimate of drug-likeness (QED) is 0.623. The molecule has 1 aromatic heterocycles. The molecule has 0 radical (unpaired) electrons. The lowest BCUT2D eigenvalue weighted by molar-refractivity contribution is -0.125. The van der Waals surface area contributed by atoms with Crippen molar-refractivity contribution in [3.05, 3.63) is 65.8 Å². The molecule has 1 heterocycles. The summed E-state index contributed by atoms with van der Waals surface area (Å²) in [4.78, 5) is 16.9. The first kappa shape index (κ1) is 19.9. The van der Waals surface area contributed by atoms with Gasteiger partial charge in [-0.05, 0) is 56.2 Å². The summed E-state index contributed by atoms with van der Waals surface area (Å²) in [5.74, 6) is 2.90. The number of rotatable bonds is 7. The minimum atomic E-state index is -0.566. The number of carbonyl (C=O) groups is 1. The second kappa shape index (κ2) is 8.57. The SMILES string of the molecule is Cc1ccc(Oc2ccc(OCC(=O)NC3(c4noc(C)n4)CCCC3)cc2)cc1. The van der Waals surface area contributed by atoms with Crippen LogP contribution in [0, 0.1) is 13.8 Å². The van der Waals surface area contributed by atoms with Crippen LogP contribution in [-0.2, 0) is 10.3 Å². The highest BCUT2D eigenvalue weighted by Gasteiger charge is 2.41. The molecule has 1 fully saturated rings. The number of hydrogen-bond acceptors (Lipinski definition) is 6. The lowest BCUT2D eigenvalue weighted by atomic mass is 9.96. The lowest BCUT2D eigenvalue weighted by Crippen LogP contribution is -2.46. The zero-order valence-corrected chi connectivity index (χ0v) is 17.2. The third-order valence-corrected chi connectivity index (χ3v) is 5.24. The molecule has 156 valence electrons. The normalized spacial score (nSPS) is 15.0. The van der Waals surface area contributed by atoms with E-state index in [1.165, 1.54) is 5.56 Å². The van der Waals surface area contributed by atoms with Crippen molar-refractivity contribution < 1.29 is 18.8 Å². The van der Waals surface area contributed by atoms with Crippen molar-refractivity contribution in [3.63, 3.8) is 0 Å². The first-order valence-corrected chi connectivity index (χ1v) is 10.1. The molecule has 1 aliphatic rings. The van der Waals surface area contributed by atoms with Crippen LogP contribution >= 0.6 is 0 Å². The maximum Gasteiger partial charge on any atom is 0.258 e. The van der Waals surface area contributed by atoms with Gasteiger partial charge < -0.3 is 19.3 Å². The van der Waals surface area contributed by atoms with Crippen molar-refractivity contribution in [1.29, 1.82) is 0 Å². The van der Waals surface area contributed by atoms with Crippen LogP contribution in [0.1, 0.15) is 43.0 Å². The highest BCUT2D eigenvalue weighted by atomic mass is 16.5. The fraction of sp³-hybridized carbons (Fsp3) is 0.348. The molecule has 7 heteroatoms. The highest BCUT2D eigenvalue weighted by molar-refractivity contribution is 5.78. The van der Waals surface area contributed by atoms with Crippen LogP contribution in [0.4, 0.5) is 0 Å². The van der Waals surface area contributed by atoms with Gasteiger partial charge in [-0.3, -0.25) is 4.79 Å². The first-order chi connectivity index (χ1) is 14.5. The summed E-state index contributed by atoms with van der Waals surface area (Å²) in [5.41, 5.74) is 0.613. The second-order valence-electron chi connectivity index (χ2n) is 7.65. The van der Waals surface area contributed by atoms with E-state index in [0.29, 0.717) is 23.2 Å². The Morgan fingerprint density at radius 2 is 1.60 bits per heavy atom. The first-order valence-electron chi connectivity index (χ1n) is 10.1. The number of nitrogens with zero attached hydrogens (tertiary/aromatic N) is 2. The van der Waals surface area contributed by atoms with Crippen LogP contribution in [-0.4, -0.2) is 22.7 Å². The molecule has 2 aromatic carbocycles. The fourth-order valence-corrected chi connectivity index (χ4v) is 3.67. The molecule has 0 unspecified atom stereocenters. The van der Waals surface area contributed by atoms with Crippen molar-refractivity contribution in [3.8, 4) is 17.2 Å². The number of aromatic nitrogens is 2. The number of benzene rings is 2. The van der Waals surface area contributed by atoms with E-state index in [9.17, 15) is 4.79 Å². The molecular weight excluding hydrogens is 382 g/mol. The average Bonchev–Trinajstić information content (AvgIpc) is 3.39. The summed E-state index contributed by atoms with van der Waals surface area (Å²) < 4.78 is 16.6. The van der Waals surface area contributed by atoms with Crippen LogP contribution in [0.3, 0.4) is 0 Å². The number of hydrogen-bond donors (Lipinski definition) is 1. The van der Waals surface area contributed by atoms with Crippen LogP contribution < -0.4 is 14.8 Å². The van der Waals surface area contributed by atoms with Gasteiger partial charge in [0.25, 0.3) is 5.91 Å². The van der Waals surface area contributed by atoms with Crippen molar-refractivity contribution in [1.82, 2.24) is 15.5 Å². The van der Waals surface area contributed by atoms with Gasteiger partial charge in [0.05, 0.1) is 0 Å². The predicted molar refractivity (Wildman–Crippen MR) is 111 cm³/mol. The summed E-state index contributed by atoms with van der Waals surface area (Å²) in [7, 11) is 0.